The van der Waals surface area contributed by atoms with Crippen LogP contribution in [-0.4, -0.2) is 31.7 Å². The van der Waals surface area contributed by atoms with Crippen LogP contribution in [0.2, 0.25) is 0 Å². The average Bonchev–Trinajstić information content (AvgIpc) is 2.99. The molecular weight excluding hydrogens is 380 g/mol. The highest BCUT2D eigenvalue weighted by atomic mass is 16.5. The Labute approximate surface area is 173 Å². The summed E-state index contributed by atoms with van der Waals surface area (Å²) in [6.45, 7) is 5.85. The first-order valence-corrected chi connectivity index (χ1v) is 9.72. The Morgan fingerprint density at radius 2 is 1.73 bits per heavy atom. The molecule has 0 aliphatic carbocycles. The molecule has 0 unspecified atom stereocenters. The van der Waals surface area contributed by atoms with Gasteiger partial charge >= 0.3 is 11.7 Å². The molecule has 0 radical (unpaired) electrons. The molecule has 0 amide bonds. The highest BCUT2D eigenvalue weighted by molar-refractivity contribution is 6.00. The van der Waals surface area contributed by atoms with Gasteiger partial charge in [-0.3, -0.25) is 4.57 Å². The molecule has 30 heavy (non-hydrogen) atoms. The summed E-state index contributed by atoms with van der Waals surface area (Å²) >= 11 is 0. The SMILES string of the molecule is CCOC(=O)c1nc(-c2ccc(C)cc2)nc2c1n(C)c(=O)n2-c1ccccc1C. The minimum Gasteiger partial charge on any atom is -0.461 e. The second-order valence-electron chi connectivity index (χ2n) is 7.12. The molecule has 4 rings (SSSR count). The number of para-hydroxylation sites is 1. The fourth-order valence-corrected chi connectivity index (χ4v) is 3.45. The number of ether oxygens (including phenoxy) is 1. The van der Waals surface area contributed by atoms with Gasteiger partial charge in [-0.25, -0.2) is 24.1 Å². The lowest BCUT2D eigenvalue weighted by Gasteiger charge is -2.09. The number of rotatable bonds is 4. The highest BCUT2D eigenvalue weighted by Crippen LogP contribution is 2.25. The Kier molecular flexibility index (Phi) is 4.95. The predicted molar refractivity (Wildman–Crippen MR) is 115 cm³/mol. The number of aromatic nitrogens is 4. The van der Waals surface area contributed by atoms with Crippen LogP contribution in [0.1, 0.15) is 28.5 Å². The lowest BCUT2D eigenvalue weighted by atomic mass is 10.1. The summed E-state index contributed by atoms with van der Waals surface area (Å²) in [5.74, 6) is -0.228. The molecule has 0 bridgehead atoms. The van der Waals surface area contributed by atoms with E-state index in [0.717, 1.165) is 16.7 Å². The van der Waals surface area contributed by atoms with Gasteiger partial charge < -0.3 is 4.74 Å². The van der Waals surface area contributed by atoms with Gasteiger partial charge in [-0.1, -0.05) is 48.0 Å². The molecule has 152 valence electrons. The Balaban J connectivity index is 2.11. The van der Waals surface area contributed by atoms with E-state index >= 15 is 0 Å². The number of hydrogen-bond acceptors (Lipinski definition) is 5. The van der Waals surface area contributed by atoms with Crippen LogP contribution in [0.5, 0.6) is 0 Å². The minimum absolute atomic E-state index is 0.0735. The van der Waals surface area contributed by atoms with Gasteiger partial charge in [0.25, 0.3) is 0 Å². The van der Waals surface area contributed by atoms with E-state index in [1.54, 1.807) is 14.0 Å². The number of carbonyl (C=O) groups is 1. The monoisotopic (exact) mass is 402 g/mol. The number of hydrogen-bond donors (Lipinski definition) is 0. The summed E-state index contributed by atoms with van der Waals surface area (Å²) in [6, 6.07) is 15.2. The molecule has 2 aromatic heterocycles. The van der Waals surface area contributed by atoms with Crippen molar-refractivity contribution in [2.45, 2.75) is 20.8 Å². The summed E-state index contributed by atoms with van der Waals surface area (Å²) in [5.41, 5.74) is 3.95. The molecule has 7 nitrogen and oxygen atoms in total. The summed E-state index contributed by atoms with van der Waals surface area (Å²) in [5, 5.41) is 0. The zero-order valence-electron chi connectivity index (χ0n) is 17.3. The third-order valence-electron chi connectivity index (χ3n) is 5.03. The second-order valence-corrected chi connectivity index (χ2v) is 7.12. The summed E-state index contributed by atoms with van der Waals surface area (Å²) in [4.78, 5) is 35.1. The number of imidazole rings is 1. The quantitative estimate of drug-likeness (QED) is 0.488. The van der Waals surface area contributed by atoms with Crippen molar-refractivity contribution in [1.29, 1.82) is 0 Å². The molecule has 4 aromatic rings. The van der Waals surface area contributed by atoms with Crippen molar-refractivity contribution in [2.24, 2.45) is 7.05 Å². The van der Waals surface area contributed by atoms with Crippen molar-refractivity contribution in [2.75, 3.05) is 6.61 Å². The molecule has 0 fully saturated rings. The highest BCUT2D eigenvalue weighted by Gasteiger charge is 2.25. The number of benzene rings is 2. The molecule has 2 heterocycles. The van der Waals surface area contributed by atoms with Gasteiger partial charge in [0, 0.05) is 12.6 Å². The van der Waals surface area contributed by atoms with E-state index in [2.05, 4.69) is 4.98 Å². The Morgan fingerprint density at radius 3 is 2.40 bits per heavy atom. The first kappa shape index (κ1) is 19.6. The normalized spacial score (nSPS) is 11.1. The molecule has 0 aliphatic rings. The maximum absolute atomic E-state index is 13.2. The maximum atomic E-state index is 13.2. The molecular formula is C23H22N4O3. The van der Waals surface area contributed by atoms with Crippen LogP contribution >= 0.6 is 0 Å². The van der Waals surface area contributed by atoms with Gasteiger partial charge in [0.15, 0.2) is 17.2 Å². The Hall–Kier alpha value is -3.74. The number of fused-ring (bicyclic) bond motifs is 1. The van der Waals surface area contributed by atoms with Gasteiger partial charge in [0.2, 0.25) is 0 Å². The van der Waals surface area contributed by atoms with Gasteiger partial charge in [0.05, 0.1) is 12.3 Å². The van der Waals surface area contributed by atoms with Crippen LogP contribution in [0.3, 0.4) is 0 Å². The largest absolute Gasteiger partial charge is 0.461 e. The van der Waals surface area contributed by atoms with Crippen molar-refractivity contribution in [1.82, 2.24) is 19.1 Å². The number of aryl methyl sites for hydroxylation is 3. The molecule has 0 saturated carbocycles. The lowest BCUT2D eigenvalue weighted by molar-refractivity contribution is 0.0521. The Bertz CT molecular complexity index is 1320. The zero-order chi connectivity index (χ0) is 21.4. The van der Waals surface area contributed by atoms with E-state index in [0.29, 0.717) is 22.7 Å². The van der Waals surface area contributed by atoms with Crippen LogP contribution in [0.15, 0.2) is 53.3 Å². The predicted octanol–water partition coefficient (Wildman–Crippen LogP) is 3.58. The van der Waals surface area contributed by atoms with Gasteiger partial charge in [-0.05, 0) is 32.4 Å². The molecule has 2 aromatic carbocycles. The summed E-state index contributed by atoms with van der Waals surface area (Å²) in [6.07, 6.45) is 0. The standard InChI is InChI=1S/C23H22N4O3/c1-5-30-22(28)18-19-21(25-20(24-18)16-12-10-14(2)11-13-16)27(23(29)26(19)4)17-9-7-6-8-15(17)3/h6-13H,5H2,1-4H3. The van der Waals surface area contributed by atoms with E-state index in [1.165, 1.54) is 9.13 Å². The van der Waals surface area contributed by atoms with Crippen molar-refractivity contribution in [3.8, 4) is 17.1 Å². The van der Waals surface area contributed by atoms with Gasteiger partial charge in [0.1, 0.15) is 5.52 Å². The first-order chi connectivity index (χ1) is 14.4. The number of carbonyl (C=O) groups excluding carboxylic acids is 1. The second kappa shape index (κ2) is 7.59. The van der Waals surface area contributed by atoms with Crippen molar-refractivity contribution >= 4 is 17.1 Å². The molecule has 0 spiro atoms. The van der Waals surface area contributed by atoms with E-state index < -0.39 is 5.97 Å². The van der Waals surface area contributed by atoms with Gasteiger partial charge in [-0.2, -0.15) is 0 Å². The summed E-state index contributed by atoms with van der Waals surface area (Å²) in [7, 11) is 1.61. The maximum Gasteiger partial charge on any atom is 0.359 e. The molecule has 0 N–H and O–H groups in total. The van der Waals surface area contributed by atoms with E-state index in [1.807, 2.05) is 62.4 Å². The van der Waals surface area contributed by atoms with Crippen molar-refractivity contribution in [3.05, 3.63) is 75.8 Å². The third-order valence-corrected chi connectivity index (χ3v) is 5.03. The van der Waals surface area contributed by atoms with E-state index in [-0.39, 0.29) is 18.0 Å². The fraction of sp³-hybridized carbons (Fsp3) is 0.217. The molecule has 0 saturated heterocycles. The first-order valence-electron chi connectivity index (χ1n) is 9.72. The van der Waals surface area contributed by atoms with Crippen LogP contribution in [-0.2, 0) is 11.8 Å². The Morgan fingerprint density at radius 1 is 1.03 bits per heavy atom. The minimum atomic E-state index is -0.587. The topological polar surface area (TPSA) is 79.0 Å². The van der Waals surface area contributed by atoms with E-state index in [4.69, 9.17) is 9.72 Å². The third kappa shape index (κ3) is 3.18. The smallest absolute Gasteiger partial charge is 0.359 e. The lowest BCUT2D eigenvalue weighted by Crippen LogP contribution is -2.21. The van der Waals surface area contributed by atoms with Crippen molar-refractivity contribution in [3.63, 3.8) is 0 Å². The molecule has 0 aliphatic heterocycles. The summed E-state index contributed by atoms with van der Waals surface area (Å²) < 4.78 is 8.14. The van der Waals surface area contributed by atoms with Crippen molar-refractivity contribution < 1.29 is 9.53 Å². The number of esters is 1. The van der Waals surface area contributed by atoms with Crippen LogP contribution in [0, 0.1) is 13.8 Å². The van der Waals surface area contributed by atoms with Crippen LogP contribution in [0.4, 0.5) is 0 Å². The van der Waals surface area contributed by atoms with Crippen LogP contribution in [0.25, 0.3) is 28.2 Å². The van der Waals surface area contributed by atoms with E-state index in [9.17, 15) is 9.59 Å². The average molecular weight is 402 g/mol. The molecule has 0 atom stereocenters. The molecule has 7 heteroatoms. The van der Waals surface area contributed by atoms with Crippen LogP contribution < -0.4 is 5.69 Å². The van der Waals surface area contributed by atoms with Gasteiger partial charge in [-0.15, -0.1) is 0 Å². The number of nitrogens with zero attached hydrogens (tertiary/aromatic N) is 4. The fourth-order valence-electron chi connectivity index (χ4n) is 3.45. The zero-order valence-corrected chi connectivity index (χ0v) is 17.3.